The van der Waals surface area contributed by atoms with Crippen molar-refractivity contribution in [1.82, 2.24) is 19.9 Å². The van der Waals surface area contributed by atoms with Crippen molar-refractivity contribution in [3.8, 4) is 0 Å². The Morgan fingerprint density at radius 1 is 1.47 bits per heavy atom. The van der Waals surface area contributed by atoms with Gasteiger partial charge in [0.25, 0.3) is 0 Å². The first-order valence-electron chi connectivity index (χ1n) is 5.85. The van der Waals surface area contributed by atoms with Gasteiger partial charge in [0.2, 0.25) is 5.89 Å². The van der Waals surface area contributed by atoms with Gasteiger partial charge in [0, 0.05) is 26.9 Å². The van der Waals surface area contributed by atoms with Crippen LogP contribution in [0.15, 0.2) is 4.52 Å². The Bertz CT molecular complexity index is 602. The van der Waals surface area contributed by atoms with Gasteiger partial charge in [0.05, 0.1) is 11.3 Å². The molecule has 0 atom stereocenters. The Kier molecular flexibility index (Phi) is 3.79. The van der Waals surface area contributed by atoms with Crippen LogP contribution in [-0.4, -0.2) is 31.5 Å². The fraction of sp³-hybridized carbons (Fsp3) is 0.455. The van der Waals surface area contributed by atoms with Gasteiger partial charge in [0.1, 0.15) is 10.8 Å². The number of nitrogens with one attached hydrogen (secondary N) is 1. The molecule has 19 heavy (non-hydrogen) atoms. The Balaban J connectivity index is 2.05. The van der Waals surface area contributed by atoms with E-state index >= 15 is 0 Å². The summed E-state index contributed by atoms with van der Waals surface area (Å²) in [6, 6.07) is 0. The lowest BCUT2D eigenvalue weighted by atomic mass is 10.2. The monoisotopic (exact) mass is 280 g/mol. The van der Waals surface area contributed by atoms with Crippen molar-refractivity contribution in [2.75, 3.05) is 11.9 Å². The molecule has 2 aromatic rings. The normalized spacial score (nSPS) is 10.7. The van der Waals surface area contributed by atoms with Crippen LogP contribution in [0.4, 0.5) is 5.82 Å². The zero-order chi connectivity index (χ0) is 14.0. The van der Waals surface area contributed by atoms with Crippen LogP contribution in [0.25, 0.3) is 0 Å². The number of nitrogens with zero attached hydrogens (tertiary/aromatic N) is 4. The number of rotatable bonds is 5. The zero-order valence-corrected chi connectivity index (χ0v) is 11.9. The lowest BCUT2D eigenvalue weighted by Gasteiger charge is -2.07. The number of nitrogens with two attached hydrogens (primary N) is 1. The highest BCUT2D eigenvalue weighted by Gasteiger charge is 2.15. The van der Waals surface area contributed by atoms with Gasteiger partial charge < -0.3 is 15.6 Å². The maximum Gasteiger partial charge on any atom is 0.223 e. The molecule has 0 aromatic carbocycles. The molecule has 0 aliphatic carbocycles. The van der Waals surface area contributed by atoms with Gasteiger partial charge in [0.15, 0.2) is 5.82 Å². The molecular formula is C11H16N6OS. The maximum absolute atomic E-state index is 5.71. The number of aromatic nitrogens is 4. The Morgan fingerprint density at radius 2 is 2.21 bits per heavy atom. The molecule has 3 N–H and O–H groups in total. The van der Waals surface area contributed by atoms with Crippen molar-refractivity contribution in [1.29, 1.82) is 0 Å². The molecule has 0 radical (unpaired) electrons. The van der Waals surface area contributed by atoms with Crippen LogP contribution in [0.1, 0.15) is 23.0 Å². The highest BCUT2D eigenvalue weighted by molar-refractivity contribution is 7.80. The van der Waals surface area contributed by atoms with E-state index in [1.807, 2.05) is 14.0 Å². The van der Waals surface area contributed by atoms with Crippen LogP contribution in [0.5, 0.6) is 0 Å². The molecule has 2 aromatic heterocycles. The van der Waals surface area contributed by atoms with Gasteiger partial charge >= 0.3 is 0 Å². The highest BCUT2D eigenvalue weighted by Crippen LogP contribution is 2.18. The average Bonchev–Trinajstić information content (AvgIpc) is 2.84. The number of hydrogen-bond donors (Lipinski definition) is 2. The summed E-state index contributed by atoms with van der Waals surface area (Å²) in [5, 5.41) is 11.4. The van der Waals surface area contributed by atoms with Crippen molar-refractivity contribution in [3.63, 3.8) is 0 Å². The molecule has 2 rings (SSSR count). The third-order valence-corrected chi connectivity index (χ3v) is 2.88. The Labute approximate surface area is 116 Å². The minimum Gasteiger partial charge on any atom is -0.389 e. The Morgan fingerprint density at radius 3 is 2.79 bits per heavy atom. The number of thiocarbonyl (C=S) groups is 1. The van der Waals surface area contributed by atoms with Gasteiger partial charge in [-0.3, -0.25) is 4.68 Å². The highest BCUT2D eigenvalue weighted by atomic mass is 32.1. The molecule has 0 saturated heterocycles. The van der Waals surface area contributed by atoms with E-state index < -0.39 is 0 Å². The second-order valence-corrected chi connectivity index (χ2v) is 4.64. The lowest BCUT2D eigenvalue weighted by Crippen LogP contribution is -2.16. The third-order valence-electron chi connectivity index (χ3n) is 2.68. The second-order valence-electron chi connectivity index (χ2n) is 4.20. The van der Waals surface area contributed by atoms with E-state index in [-0.39, 0.29) is 0 Å². The van der Waals surface area contributed by atoms with Crippen LogP contribution >= 0.6 is 12.2 Å². The fourth-order valence-corrected chi connectivity index (χ4v) is 2.14. The fourth-order valence-electron chi connectivity index (χ4n) is 1.89. The van der Waals surface area contributed by atoms with E-state index in [9.17, 15) is 0 Å². The van der Waals surface area contributed by atoms with E-state index in [0.717, 1.165) is 17.1 Å². The predicted octanol–water partition coefficient (Wildman–Crippen LogP) is 0.709. The predicted molar refractivity (Wildman–Crippen MR) is 75.1 cm³/mol. The first-order valence-corrected chi connectivity index (χ1v) is 6.26. The Hall–Kier alpha value is -1.96. The molecule has 0 unspecified atom stereocenters. The summed E-state index contributed by atoms with van der Waals surface area (Å²) in [5.41, 5.74) is 7.31. The number of aryl methyl sites for hydroxylation is 3. The van der Waals surface area contributed by atoms with Crippen LogP contribution in [0.3, 0.4) is 0 Å². The molecule has 2 heterocycles. The summed E-state index contributed by atoms with van der Waals surface area (Å²) in [7, 11) is 1.84. The van der Waals surface area contributed by atoms with Crippen LogP contribution in [0.2, 0.25) is 0 Å². The quantitative estimate of drug-likeness (QED) is 0.779. The van der Waals surface area contributed by atoms with Crippen molar-refractivity contribution in [2.24, 2.45) is 12.8 Å². The first-order chi connectivity index (χ1) is 8.99. The van der Waals surface area contributed by atoms with Crippen molar-refractivity contribution in [3.05, 3.63) is 23.0 Å². The van der Waals surface area contributed by atoms with E-state index in [1.165, 1.54) is 0 Å². The largest absolute Gasteiger partial charge is 0.389 e. The van der Waals surface area contributed by atoms with Gasteiger partial charge in [-0.25, -0.2) is 0 Å². The van der Waals surface area contributed by atoms with Gasteiger partial charge in [-0.15, -0.1) is 0 Å². The summed E-state index contributed by atoms with van der Waals surface area (Å²) >= 11 is 5.04. The van der Waals surface area contributed by atoms with Crippen molar-refractivity contribution in [2.45, 2.75) is 20.3 Å². The molecule has 7 nitrogen and oxygen atoms in total. The molecule has 0 aliphatic heterocycles. The standard InChI is InChI=1S/C11H16N6OS/c1-6-9(10(12)19)11(17(3)15-6)13-5-4-8-14-7(2)18-16-8/h13H,4-5H2,1-3H3,(H2,12,19). The summed E-state index contributed by atoms with van der Waals surface area (Å²) in [6.45, 7) is 4.29. The summed E-state index contributed by atoms with van der Waals surface area (Å²) in [5.74, 6) is 2.04. The topological polar surface area (TPSA) is 94.8 Å². The molecule has 8 heteroatoms. The van der Waals surface area contributed by atoms with Gasteiger partial charge in [-0.05, 0) is 6.92 Å². The van der Waals surface area contributed by atoms with Crippen LogP contribution in [-0.2, 0) is 13.5 Å². The maximum atomic E-state index is 5.71. The number of hydrogen-bond acceptors (Lipinski definition) is 6. The van der Waals surface area contributed by atoms with Crippen molar-refractivity contribution < 1.29 is 4.52 Å². The van der Waals surface area contributed by atoms with E-state index in [2.05, 4.69) is 20.6 Å². The van der Waals surface area contributed by atoms with Gasteiger partial charge in [-0.1, -0.05) is 17.4 Å². The molecule has 102 valence electrons. The van der Waals surface area contributed by atoms with Crippen LogP contribution < -0.4 is 11.1 Å². The van der Waals surface area contributed by atoms with Gasteiger partial charge in [-0.2, -0.15) is 10.1 Å². The average molecular weight is 280 g/mol. The first kappa shape index (κ1) is 13.5. The zero-order valence-electron chi connectivity index (χ0n) is 11.1. The summed E-state index contributed by atoms with van der Waals surface area (Å²) < 4.78 is 6.64. The minimum atomic E-state index is 0.337. The molecule has 0 amide bonds. The summed E-state index contributed by atoms with van der Waals surface area (Å²) in [6.07, 6.45) is 0.651. The molecule has 0 saturated carbocycles. The molecule has 0 bridgehead atoms. The van der Waals surface area contributed by atoms with E-state index in [4.69, 9.17) is 22.5 Å². The second kappa shape index (κ2) is 5.35. The smallest absolute Gasteiger partial charge is 0.223 e. The molecular weight excluding hydrogens is 264 g/mol. The van der Waals surface area contributed by atoms with Crippen LogP contribution in [0, 0.1) is 13.8 Å². The minimum absolute atomic E-state index is 0.337. The molecule has 0 aliphatic rings. The lowest BCUT2D eigenvalue weighted by molar-refractivity contribution is 0.387. The SMILES string of the molecule is Cc1nc(CCNc2c(C(N)=S)c(C)nn2C)no1. The summed E-state index contributed by atoms with van der Waals surface area (Å²) in [4.78, 5) is 4.47. The van der Waals surface area contributed by atoms with Crippen molar-refractivity contribution >= 4 is 23.0 Å². The van der Waals surface area contributed by atoms with E-state index in [1.54, 1.807) is 11.6 Å². The third kappa shape index (κ3) is 2.90. The van der Waals surface area contributed by atoms with E-state index in [0.29, 0.717) is 29.7 Å². The molecule has 0 fully saturated rings. The number of anilines is 1. The molecule has 0 spiro atoms.